The van der Waals surface area contributed by atoms with Crippen molar-refractivity contribution in [3.05, 3.63) is 48.2 Å². The lowest BCUT2D eigenvalue weighted by atomic mass is 10.1. The molecule has 1 aromatic heterocycles. The van der Waals surface area contributed by atoms with Crippen molar-refractivity contribution < 1.29 is 14.3 Å². The summed E-state index contributed by atoms with van der Waals surface area (Å²) in [5.74, 6) is 1.56. The SMILES string of the molecule is COc1cc(OCC(=O)NC(C)C)ccc1C1N=C(Nc2ccc3[nH]ncc3c2)NN1. The summed E-state index contributed by atoms with van der Waals surface area (Å²) < 4.78 is 11.1. The number of hydrogen-bond acceptors (Lipinski definition) is 8. The highest BCUT2D eigenvalue weighted by Crippen LogP contribution is 2.31. The van der Waals surface area contributed by atoms with Gasteiger partial charge in [-0.25, -0.2) is 10.4 Å². The zero-order valence-corrected chi connectivity index (χ0v) is 17.5. The maximum Gasteiger partial charge on any atom is 0.258 e. The highest BCUT2D eigenvalue weighted by atomic mass is 16.5. The van der Waals surface area contributed by atoms with Crippen molar-refractivity contribution >= 4 is 28.5 Å². The number of anilines is 1. The fourth-order valence-corrected chi connectivity index (χ4v) is 3.22. The smallest absolute Gasteiger partial charge is 0.258 e. The van der Waals surface area contributed by atoms with Crippen LogP contribution in [-0.2, 0) is 4.79 Å². The molecule has 10 nitrogen and oxygen atoms in total. The summed E-state index contributed by atoms with van der Waals surface area (Å²) in [6.07, 6.45) is 1.42. The monoisotopic (exact) mass is 423 g/mol. The zero-order valence-electron chi connectivity index (χ0n) is 17.5. The second-order valence-corrected chi connectivity index (χ2v) is 7.36. The number of rotatable bonds is 7. The Morgan fingerprint density at radius 1 is 1.23 bits per heavy atom. The number of carbonyl (C=O) groups excluding carboxylic acids is 1. The second-order valence-electron chi connectivity index (χ2n) is 7.36. The number of carbonyl (C=O) groups is 1. The van der Waals surface area contributed by atoms with E-state index in [2.05, 4.69) is 36.7 Å². The van der Waals surface area contributed by atoms with Crippen molar-refractivity contribution in [3.63, 3.8) is 0 Å². The number of hydrazine groups is 1. The molecule has 4 rings (SSSR count). The summed E-state index contributed by atoms with van der Waals surface area (Å²) in [6.45, 7) is 3.74. The third kappa shape index (κ3) is 4.86. The molecule has 1 atom stereocenters. The van der Waals surface area contributed by atoms with Crippen molar-refractivity contribution in [2.75, 3.05) is 19.0 Å². The number of amides is 1. The number of aromatic amines is 1. The number of hydrogen-bond donors (Lipinski definition) is 5. The fraction of sp³-hybridized carbons (Fsp3) is 0.286. The number of aliphatic imine (C=N–C) groups is 1. The summed E-state index contributed by atoms with van der Waals surface area (Å²) in [4.78, 5) is 16.4. The van der Waals surface area contributed by atoms with Crippen LogP contribution in [0.3, 0.4) is 0 Å². The molecule has 162 valence electrons. The summed E-state index contributed by atoms with van der Waals surface area (Å²) in [6, 6.07) is 11.3. The minimum Gasteiger partial charge on any atom is -0.496 e. The van der Waals surface area contributed by atoms with Crippen molar-refractivity contribution in [2.45, 2.75) is 26.1 Å². The molecule has 0 fully saturated rings. The number of H-pyrrole nitrogens is 1. The highest BCUT2D eigenvalue weighted by Gasteiger charge is 2.22. The third-order valence-corrected chi connectivity index (χ3v) is 4.61. The van der Waals surface area contributed by atoms with E-state index < -0.39 is 0 Å². The van der Waals surface area contributed by atoms with E-state index in [9.17, 15) is 4.79 Å². The number of nitrogens with one attached hydrogen (secondary N) is 5. The van der Waals surface area contributed by atoms with E-state index in [1.54, 1.807) is 25.4 Å². The van der Waals surface area contributed by atoms with Gasteiger partial charge in [0.05, 0.1) is 18.8 Å². The Bertz CT molecular complexity index is 1110. The molecule has 2 heterocycles. The van der Waals surface area contributed by atoms with Crippen LogP contribution in [0.25, 0.3) is 10.9 Å². The van der Waals surface area contributed by atoms with Crippen LogP contribution in [0.2, 0.25) is 0 Å². The van der Waals surface area contributed by atoms with E-state index in [1.165, 1.54) is 0 Å². The lowest BCUT2D eigenvalue weighted by Crippen LogP contribution is -2.35. The number of fused-ring (bicyclic) bond motifs is 1. The van der Waals surface area contributed by atoms with E-state index in [-0.39, 0.29) is 24.7 Å². The van der Waals surface area contributed by atoms with Gasteiger partial charge >= 0.3 is 0 Å². The van der Waals surface area contributed by atoms with E-state index >= 15 is 0 Å². The fourth-order valence-electron chi connectivity index (χ4n) is 3.22. The van der Waals surface area contributed by atoms with Gasteiger partial charge in [0, 0.05) is 28.7 Å². The van der Waals surface area contributed by atoms with Gasteiger partial charge < -0.3 is 20.1 Å². The summed E-state index contributed by atoms with van der Waals surface area (Å²) in [5.41, 5.74) is 8.85. The van der Waals surface area contributed by atoms with Gasteiger partial charge in [0.2, 0.25) is 5.96 Å². The van der Waals surface area contributed by atoms with Gasteiger partial charge in [-0.1, -0.05) is 0 Å². The molecule has 1 aliphatic heterocycles. The van der Waals surface area contributed by atoms with Crippen LogP contribution in [-0.4, -0.2) is 41.8 Å². The van der Waals surface area contributed by atoms with Gasteiger partial charge in [-0.05, 0) is 44.2 Å². The van der Waals surface area contributed by atoms with Crippen molar-refractivity contribution in [1.82, 2.24) is 26.4 Å². The van der Waals surface area contributed by atoms with Crippen LogP contribution in [0.15, 0.2) is 47.6 Å². The van der Waals surface area contributed by atoms with Gasteiger partial charge in [-0.15, -0.1) is 0 Å². The summed E-state index contributed by atoms with van der Waals surface area (Å²) in [7, 11) is 1.58. The first kappa shape index (κ1) is 20.5. The van der Waals surface area contributed by atoms with E-state index in [4.69, 9.17) is 9.47 Å². The average molecular weight is 423 g/mol. The number of benzene rings is 2. The normalized spacial score (nSPS) is 15.5. The van der Waals surface area contributed by atoms with Gasteiger partial charge in [0.1, 0.15) is 17.7 Å². The van der Waals surface area contributed by atoms with Crippen molar-refractivity contribution in [1.29, 1.82) is 0 Å². The molecule has 0 bridgehead atoms. The molecule has 0 spiro atoms. The molecular weight excluding hydrogens is 398 g/mol. The molecule has 0 saturated carbocycles. The quantitative estimate of drug-likeness (QED) is 0.394. The Labute approximate surface area is 179 Å². The number of methoxy groups -OCH3 is 1. The lowest BCUT2D eigenvalue weighted by Gasteiger charge is -2.15. The predicted octanol–water partition coefficient (Wildman–Crippen LogP) is 2.05. The number of aromatic nitrogens is 2. The van der Waals surface area contributed by atoms with Crippen LogP contribution < -0.4 is 31.0 Å². The molecule has 3 aromatic rings. The minimum atomic E-state index is -0.353. The molecule has 0 aliphatic carbocycles. The van der Waals surface area contributed by atoms with Crippen molar-refractivity contribution in [3.8, 4) is 11.5 Å². The van der Waals surface area contributed by atoms with Crippen LogP contribution >= 0.6 is 0 Å². The molecule has 31 heavy (non-hydrogen) atoms. The Kier molecular flexibility index (Phi) is 5.89. The number of ether oxygens (including phenoxy) is 2. The van der Waals surface area contributed by atoms with E-state index in [0.717, 1.165) is 22.2 Å². The molecule has 1 aliphatic rings. The first-order valence-corrected chi connectivity index (χ1v) is 9.91. The van der Waals surface area contributed by atoms with Gasteiger partial charge in [-0.2, -0.15) is 5.10 Å². The van der Waals surface area contributed by atoms with Crippen LogP contribution in [0.5, 0.6) is 11.5 Å². The molecule has 10 heteroatoms. The highest BCUT2D eigenvalue weighted by molar-refractivity contribution is 5.96. The summed E-state index contributed by atoms with van der Waals surface area (Å²) in [5, 5.41) is 14.0. The maximum atomic E-state index is 11.8. The maximum absolute atomic E-state index is 11.8. The second kappa shape index (κ2) is 8.92. The van der Waals surface area contributed by atoms with Gasteiger partial charge in [-0.3, -0.25) is 15.3 Å². The minimum absolute atomic E-state index is 0.0584. The summed E-state index contributed by atoms with van der Waals surface area (Å²) >= 11 is 0. The zero-order chi connectivity index (χ0) is 21.8. The van der Waals surface area contributed by atoms with E-state index in [1.807, 2.05) is 38.1 Å². The topological polar surface area (TPSA) is 125 Å². The largest absolute Gasteiger partial charge is 0.496 e. The Balaban J connectivity index is 1.43. The first-order valence-electron chi connectivity index (χ1n) is 9.91. The predicted molar refractivity (Wildman–Crippen MR) is 118 cm³/mol. The van der Waals surface area contributed by atoms with E-state index in [0.29, 0.717) is 17.5 Å². The van der Waals surface area contributed by atoms with Gasteiger partial charge in [0.25, 0.3) is 5.91 Å². The molecule has 5 N–H and O–H groups in total. The van der Waals surface area contributed by atoms with Crippen LogP contribution in [0, 0.1) is 0 Å². The van der Waals surface area contributed by atoms with Crippen LogP contribution in [0.1, 0.15) is 25.6 Å². The average Bonchev–Trinajstić information content (AvgIpc) is 3.40. The van der Waals surface area contributed by atoms with Crippen LogP contribution in [0.4, 0.5) is 5.69 Å². The first-order chi connectivity index (χ1) is 15.0. The Hall–Kier alpha value is -3.79. The molecular formula is C21H25N7O3. The Morgan fingerprint density at radius 2 is 2.10 bits per heavy atom. The van der Waals surface area contributed by atoms with Gasteiger partial charge in [0.15, 0.2) is 6.61 Å². The molecule has 0 radical (unpaired) electrons. The van der Waals surface area contributed by atoms with Crippen molar-refractivity contribution in [2.24, 2.45) is 4.99 Å². The molecule has 2 aromatic carbocycles. The number of nitrogens with zero attached hydrogens (tertiary/aromatic N) is 2. The third-order valence-electron chi connectivity index (χ3n) is 4.61. The number of guanidine groups is 1. The molecule has 1 amide bonds. The Morgan fingerprint density at radius 3 is 2.90 bits per heavy atom. The molecule has 0 saturated heterocycles. The lowest BCUT2D eigenvalue weighted by molar-refractivity contribution is -0.123. The molecule has 1 unspecified atom stereocenters. The standard InChI is InChI=1S/C21H25N7O3/c1-12(2)23-19(29)11-31-15-5-6-16(18(9-15)30-3)20-25-21(28-27-20)24-14-4-7-17-13(8-14)10-22-26-17/h4-10,12,20,27H,11H2,1-3H3,(H,22,26)(H,23,29)(H2,24,25,28).